The fourth-order valence-corrected chi connectivity index (χ4v) is 3.32. The summed E-state index contributed by atoms with van der Waals surface area (Å²) >= 11 is 0. The van der Waals surface area contributed by atoms with Crippen molar-refractivity contribution < 1.29 is 14.3 Å². The summed E-state index contributed by atoms with van der Waals surface area (Å²) in [4.78, 5) is 26.2. The Morgan fingerprint density at radius 3 is 2.59 bits per heavy atom. The molecule has 1 aromatic heterocycles. The van der Waals surface area contributed by atoms with Crippen LogP contribution in [0.25, 0.3) is 0 Å². The number of hydrogen-bond donors (Lipinski definition) is 1. The molecule has 1 aliphatic heterocycles. The van der Waals surface area contributed by atoms with Gasteiger partial charge in [0.25, 0.3) is 5.91 Å². The predicted molar refractivity (Wildman–Crippen MR) is 109 cm³/mol. The molecule has 3 aromatic rings. The molecule has 148 valence electrons. The maximum atomic E-state index is 12.6. The molecule has 0 radical (unpaired) electrons. The minimum absolute atomic E-state index is 0.119. The number of fused-ring (bicyclic) bond motifs is 1. The lowest BCUT2D eigenvalue weighted by atomic mass is 10.1. The monoisotopic (exact) mass is 390 g/mol. The first-order valence-corrected chi connectivity index (χ1v) is 9.47. The van der Waals surface area contributed by atoms with Crippen LogP contribution >= 0.6 is 0 Å². The molecule has 0 aliphatic carbocycles. The largest absolute Gasteiger partial charge is 0.477 e. The summed E-state index contributed by atoms with van der Waals surface area (Å²) in [6.07, 6.45) is 2.93. The first kappa shape index (κ1) is 18.7. The van der Waals surface area contributed by atoms with E-state index in [-0.39, 0.29) is 18.4 Å². The molecule has 2 amide bonds. The van der Waals surface area contributed by atoms with Crippen molar-refractivity contribution in [3.05, 3.63) is 78.1 Å². The van der Waals surface area contributed by atoms with Crippen molar-refractivity contribution in [2.45, 2.75) is 26.1 Å². The third-order valence-corrected chi connectivity index (χ3v) is 4.84. The van der Waals surface area contributed by atoms with E-state index in [2.05, 4.69) is 10.4 Å². The molecule has 0 spiro atoms. The van der Waals surface area contributed by atoms with Crippen LogP contribution in [0.1, 0.15) is 18.1 Å². The summed E-state index contributed by atoms with van der Waals surface area (Å²) in [6, 6.07) is 17.1. The van der Waals surface area contributed by atoms with Gasteiger partial charge in [-0.3, -0.25) is 14.3 Å². The average Bonchev–Trinajstić information content (AvgIpc) is 3.25. The second-order valence-corrected chi connectivity index (χ2v) is 6.94. The Kier molecular flexibility index (Phi) is 5.29. The molecule has 0 fully saturated rings. The minimum atomic E-state index is -0.743. The number of amides is 2. The maximum Gasteiger partial charge on any atom is 0.263 e. The van der Waals surface area contributed by atoms with Crippen molar-refractivity contribution in [1.29, 1.82) is 0 Å². The summed E-state index contributed by atoms with van der Waals surface area (Å²) in [7, 11) is 0. The van der Waals surface area contributed by atoms with E-state index in [4.69, 9.17) is 4.74 Å². The van der Waals surface area contributed by atoms with Crippen molar-refractivity contribution in [1.82, 2.24) is 15.1 Å². The number of carbonyl (C=O) groups excluding carboxylic acids is 2. The number of nitrogens with one attached hydrogen (secondary N) is 1. The minimum Gasteiger partial charge on any atom is -0.477 e. The molecule has 0 bridgehead atoms. The van der Waals surface area contributed by atoms with Crippen molar-refractivity contribution in [2.75, 3.05) is 11.4 Å². The average molecular weight is 390 g/mol. The van der Waals surface area contributed by atoms with E-state index in [1.54, 1.807) is 17.2 Å². The normalized spacial score (nSPS) is 15.3. The Bertz CT molecular complexity index is 999. The Labute approximate surface area is 168 Å². The summed E-state index contributed by atoms with van der Waals surface area (Å²) < 4.78 is 7.68. The van der Waals surface area contributed by atoms with Gasteiger partial charge in [0.2, 0.25) is 5.91 Å². The van der Waals surface area contributed by atoms with Gasteiger partial charge in [-0.05, 0) is 29.3 Å². The number of para-hydroxylation sites is 2. The smallest absolute Gasteiger partial charge is 0.263 e. The number of rotatable bonds is 5. The van der Waals surface area contributed by atoms with Crippen LogP contribution < -0.4 is 15.0 Å². The fraction of sp³-hybridized carbons (Fsp3) is 0.227. The van der Waals surface area contributed by atoms with Gasteiger partial charge in [-0.1, -0.05) is 36.4 Å². The number of hydrogen-bond acceptors (Lipinski definition) is 4. The van der Waals surface area contributed by atoms with E-state index in [0.29, 0.717) is 24.5 Å². The van der Waals surface area contributed by atoms with Gasteiger partial charge in [0.15, 0.2) is 6.10 Å². The molecule has 4 rings (SSSR count). The highest BCUT2D eigenvalue weighted by atomic mass is 16.5. The highest BCUT2D eigenvalue weighted by Gasteiger charge is 2.32. The molecular formula is C22H22N4O3. The van der Waals surface area contributed by atoms with Gasteiger partial charge in [0.1, 0.15) is 5.75 Å². The quantitative estimate of drug-likeness (QED) is 0.726. The van der Waals surface area contributed by atoms with E-state index in [9.17, 15) is 9.59 Å². The highest BCUT2D eigenvalue weighted by molar-refractivity contribution is 5.95. The van der Waals surface area contributed by atoms with Gasteiger partial charge in [0, 0.05) is 25.9 Å². The van der Waals surface area contributed by atoms with Gasteiger partial charge < -0.3 is 15.0 Å². The van der Waals surface area contributed by atoms with Crippen LogP contribution in [-0.2, 0) is 22.7 Å². The molecule has 0 saturated carbocycles. The van der Waals surface area contributed by atoms with E-state index in [0.717, 1.165) is 11.1 Å². The zero-order valence-electron chi connectivity index (χ0n) is 16.1. The SMILES string of the molecule is CC(=O)N1C[C@@H](C(=O)NCc2ccc(Cn3cccn3)cc2)Oc2ccccc21. The van der Waals surface area contributed by atoms with Crippen molar-refractivity contribution in [3.8, 4) is 5.75 Å². The Balaban J connectivity index is 1.36. The zero-order valence-corrected chi connectivity index (χ0v) is 16.1. The topological polar surface area (TPSA) is 76.5 Å². The number of carbonyl (C=O) groups is 2. The third kappa shape index (κ3) is 4.29. The summed E-state index contributed by atoms with van der Waals surface area (Å²) in [5.41, 5.74) is 2.81. The molecule has 2 aromatic carbocycles. The van der Waals surface area contributed by atoms with Crippen molar-refractivity contribution in [2.24, 2.45) is 0 Å². The molecule has 0 saturated heterocycles. The van der Waals surface area contributed by atoms with Crippen LogP contribution in [0, 0.1) is 0 Å². The molecule has 0 unspecified atom stereocenters. The van der Waals surface area contributed by atoms with Gasteiger partial charge in [-0.15, -0.1) is 0 Å². The molecule has 7 nitrogen and oxygen atoms in total. The summed E-state index contributed by atoms with van der Waals surface area (Å²) in [5, 5.41) is 7.10. The van der Waals surface area contributed by atoms with Crippen LogP contribution in [0.3, 0.4) is 0 Å². The van der Waals surface area contributed by atoms with E-state index >= 15 is 0 Å². The number of benzene rings is 2. The van der Waals surface area contributed by atoms with Crippen LogP contribution in [0.4, 0.5) is 5.69 Å². The highest BCUT2D eigenvalue weighted by Crippen LogP contribution is 2.33. The molecule has 29 heavy (non-hydrogen) atoms. The number of nitrogens with zero attached hydrogens (tertiary/aromatic N) is 3. The lowest BCUT2D eigenvalue weighted by molar-refractivity contribution is -0.128. The van der Waals surface area contributed by atoms with Crippen LogP contribution in [-0.4, -0.2) is 34.2 Å². The van der Waals surface area contributed by atoms with E-state index in [1.165, 1.54) is 6.92 Å². The fourth-order valence-electron chi connectivity index (χ4n) is 3.32. The molecule has 2 heterocycles. The van der Waals surface area contributed by atoms with E-state index in [1.807, 2.05) is 59.4 Å². The second kappa shape index (κ2) is 8.18. The van der Waals surface area contributed by atoms with Crippen LogP contribution in [0.5, 0.6) is 5.75 Å². The van der Waals surface area contributed by atoms with Crippen molar-refractivity contribution >= 4 is 17.5 Å². The van der Waals surface area contributed by atoms with E-state index < -0.39 is 6.10 Å². The predicted octanol–water partition coefficient (Wildman–Crippen LogP) is 2.36. The second-order valence-electron chi connectivity index (χ2n) is 6.94. The molecule has 7 heteroatoms. The van der Waals surface area contributed by atoms with Gasteiger partial charge in [0.05, 0.1) is 18.8 Å². The first-order valence-electron chi connectivity index (χ1n) is 9.47. The molecule has 1 aliphatic rings. The Morgan fingerprint density at radius 2 is 1.86 bits per heavy atom. The molecule has 1 N–H and O–H groups in total. The van der Waals surface area contributed by atoms with Gasteiger partial charge in [-0.2, -0.15) is 5.10 Å². The summed E-state index contributed by atoms with van der Waals surface area (Å²) in [6.45, 7) is 2.78. The number of anilines is 1. The van der Waals surface area contributed by atoms with Gasteiger partial charge >= 0.3 is 0 Å². The van der Waals surface area contributed by atoms with Crippen LogP contribution in [0.15, 0.2) is 67.0 Å². The van der Waals surface area contributed by atoms with Crippen molar-refractivity contribution in [3.63, 3.8) is 0 Å². The number of ether oxygens (including phenoxy) is 1. The first-order chi connectivity index (χ1) is 14.1. The lowest BCUT2D eigenvalue weighted by Gasteiger charge is -2.33. The molecular weight excluding hydrogens is 368 g/mol. The third-order valence-electron chi connectivity index (χ3n) is 4.84. The Morgan fingerprint density at radius 1 is 1.10 bits per heavy atom. The lowest BCUT2D eigenvalue weighted by Crippen LogP contribution is -2.50. The number of aromatic nitrogens is 2. The van der Waals surface area contributed by atoms with Gasteiger partial charge in [-0.25, -0.2) is 0 Å². The molecule has 1 atom stereocenters. The Hall–Kier alpha value is -3.61. The maximum absolute atomic E-state index is 12.6. The zero-order chi connectivity index (χ0) is 20.2. The summed E-state index contributed by atoms with van der Waals surface area (Å²) in [5.74, 6) is 0.176. The standard InChI is InChI=1S/C22H22N4O3/c1-16(27)26-15-21(29-20-6-3-2-5-19(20)26)22(28)23-13-17-7-9-18(10-8-17)14-25-12-4-11-24-25/h2-12,21H,13-15H2,1H3,(H,23,28)/t21-/m0/s1. The van der Waals surface area contributed by atoms with Crippen LogP contribution in [0.2, 0.25) is 0 Å².